The van der Waals surface area contributed by atoms with E-state index in [2.05, 4.69) is 15.3 Å². The molecular formula is C30H23F5N4O2. The first kappa shape index (κ1) is 27.8. The SMILES string of the molecule is C[C@H](C(=O)Nc1cc(-c2[nH]c3c(CC(F)(F)F)cn(C)c(=O)c3c2-c2ccc(F)cc2)ccn1)c1ccc(F)cc1. The number of alkyl halides is 3. The van der Waals surface area contributed by atoms with Gasteiger partial charge < -0.3 is 14.9 Å². The van der Waals surface area contributed by atoms with E-state index in [-0.39, 0.29) is 27.8 Å². The smallest absolute Gasteiger partial charge is 0.354 e. The van der Waals surface area contributed by atoms with Gasteiger partial charge in [0.2, 0.25) is 5.91 Å². The van der Waals surface area contributed by atoms with Crippen molar-refractivity contribution in [3.05, 3.63) is 106 Å². The number of amides is 1. The normalized spacial score (nSPS) is 12.5. The van der Waals surface area contributed by atoms with Crippen LogP contribution in [0.5, 0.6) is 0 Å². The number of nitrogens with one attached hydrogen (secondary N) is 2. The first-order valence-corrected chi connectivity index (χ1v) is 12.5. The number of halogens is 5. The van der Waals surface area contributed by atoms with Crippen LogP contribution < -0.4 is 10.9 Å². The molecule has 0 aliphatic heterocycles. The quantitative estimate of drug-likeness (QED) is 0.224. The van der Waals surface area contributed by atoms with Crippen molar-refractivity contribution in [2.75, 3.05) is 5.32 Å². The van der Waals surface area contributed by atoms with Crippen molar-refractivity contribution in [2.45, 2.75) is 25.4 Å². The van der Waals surface area contributed by atoms with Crippen molar-refractivity contribution in [1.82, 2.24) is 14.5 Å². The first-order chi connectivity index (χ1) is 19.4. The average molecular weight is 567 g/mol. The maximum absolute atomic E-state index is 13.8. The molecule has 0 saturated carbocycles. The van der Waals surface area contributed by atoms with E-state index in [9.17, 15) is 31.5 Å². The molecule has 6 nitrogen and oxygen atoms in total. The number of hydrogen-bond acceptors (Lipinski definition) is 3. The number of pyridine rings is 2. The van der Waals surface area contributed by atoms with Crippen molar-refractivity contribution in [2.24, 2.45) is 7.05 Å². The zero-order chi connectivity index (χ0) is 29.5. The highest BCUT2D eigenvalue weighted by atomic mass is 19.4. The summed E-state index contributed by atoms with van der Waals surface area (Å²) in [7, 11) is 1.37. The molecule has 0 aliphatic rings. The van der Waals surface area contributed by atoms with Gasteiger partial charge in [0.1, 0.15) is 17.5 Å². The molecule has 11 heteroatoms. The predicted octanol–water partition coefficient (Wildman–Crippen LogP) is 6.72. The summed E-state index contributed by atoms with van der Waals surface area (Å²) in [5, 5.41) is 2.72. The van der Waals surface area contributed by atoms with Crippen LogP contribution in [0, 0.1) is 11.6 Å². The van der Waals surface area contributed by atoms with E-state index >= 15 is 0 Å². The fraction of sp³-hybridized carbons (Fsp3) is 0.167. The molecule has 41 heavy (non-hydrogen) atoms. The second-order valence-corrected chi connectivity index (χ2v) is 9.69. The molecule has 3 aromatic heterocycles. The summed E-state index contributed by atoms with van der Waals surface area (Å²) in [4.78, 5) is 33.4. The number of H-pyrrole nitrogens is 1. The molecule has 5 rings (SSSR count). The maximum atomic E-state index is 13.8. The summed E-state index contributed by atoms with van der Waals surface area (Å²) in [6.45, 7) is 1.65. The highest BCUT2D eigenvalue weighted by Crippen LogP contribution is 2.39. The number of hydrogen-bond donors (Lipinski definition) is 2. The number of carbonyl (C=O) groups excluding carboxylic acids is 1. The van der Waals surface area contributed by atoms with Crippen molar-refractivity contribution in [3.8, 4) is 22.4 Å². The molecule has 5 aromatic rings. The number of aromatic nitrogens is 3. The molecule has 3 heterocycles. The van der Waals surface area contributed by atoms with Crippen LogP contribution >= 0.6 is 0 Å². The lowest BCUT2D eigenvalue weighted by molar-refractivity contribution is -0.127. The van der Waals surface area contributed by atoms with Crippen LogP contribution in [0.15, 0.2) is 77.9 Å². The summed E-state index contributed by atoms with van der Waals surface area (Å²) in [5.41, 5.74) is 1.31. The Morgan fingerprint density at radius 2 is 1.63 bits per heavy atom. The van der Waals surface area contributed by atoms with Crippen molar-refractivity contribution >= 4 is 22.6 Å². The highest BCUT2D eigenvalue weighted by molar-refractivity contribution is 6.05. The van der Waals surface area contributed by atoms with Crippen LogP contribution in [0.1, 0.15) is 24.0 Å². The molecule has 0 bridgehead atoms. The minimum atomic E-state index is -4.54. The molecule has 0 radical (unpaired) electrons. The largest absolute Gasteiger partial charge is 0.393 e. The molecule has 0 aliphatic carbocycles. The summed E-state index contributed by atoms with van der Waals surface area (Å²) in [6, 6.07) is 13.9. The number of nitrogens with zero attached hydrogens (tertiary/aromatic N) is 2. The standard InChI is InChI=1S/C30H23F5N4O2/c1-16(17-3-7-21(31)8-4-17)28(40)37-23-13-19(11-12-36-23)26-24(18-5-9-22(32)10-6-18)25-27(38-26)20(14-30(33,34)35)15-39(2)29(25)41/h3-13,15-16,38H,14H2,1-2H3,(H,36,37,40)/t16-/m0/s1. The van der Waals surface area contributed by atoms with Crippen molar-refractivity contribution < 1.29 is 26.7 Å². The van der Waals surface area contributed by atoms with E-state index in [0.29, 0.717) is 22.4 Å². The minimum absolute atomic E-state index is 0.00656. The Labute approximate surface area is 230 Å². The Morgan fingerprint density at radius 3 is 2.27 bits per heavy atom. The molecule has 2 N–H and O–H groups in total. The summed E-state index contributed by atoms with van der Waals surface area (Å²) < 4.78 is 68.6. The van der Waals surface area contributed by atoms with Crippen LogP contribution in [0.3, 0.4) is 0 Å². The van der Waals surface area contributed by atoms with E-state index < -0.39 is 41.6 Å². The molecule has 210 valence electrons. The van der Waals surface area contributed by atoms with Crippen molar-refractivity contribution in [3.63, 3.8) is 0 Å². The lowest BCUT2D eigenvalue weighted by Crippen LogP contribution is -2.20. The molecular weight excluding hydrogens is 543 g/mol. The summed E-state index contributed by atoms with van der Waals surface area (Å²) in [6.07, 6.45) is -3.27. The average Bonchev–Trinajstić information content (AvgIpc) is 3.33. The van der Waals surface area contributed by atoms with Gasteiger partial charge >= 0.3 is 6.18 Å². The number of rotatable bonds is 6. The Hall–Kier alpha value is -4.80. The van der Waals surface area contributed by atoms with Gasteiger partial charge in [0, 0.05) is 36.1 Å². The second-order valence-electron chi connectivity index (χ2n) is 9.69. The van der Waals surface area contributed by atoms with E-state index in [4.69, 9.17) is 0 Å². The molecule has 1 amide bonds. The topological polar surface area (TPSA) is 79.8 Å². The molecule has 2 aromatic carbocycles. The lowest BCUT2D eigenvalue weighted by Gasteiger charge is -2.13. The third-order valence-electron chi connectivity index (χ3n) is 6.79. The monoisotopic (exact) mass is 566 g/mol. The van der Waals surface area contributed by atoms with Crippen LogP contribution in [0.2, 0.25) is 0 Å². The van der Waals surface area contributed by atoms with E-state index in [1.54, 1.807) is 13.0 Å². The number of anilines is 1. The van der Waals surface area contributed by atoms with Gasteiger partial charge in [-0.3, -0.25) is 9.59 Å². The van der Waals surface area contributed by atoms with E-state index in [0.717, 1.165) is 10.8 Å². The fourth-order valence-electron chi connectivity index (χ4n) is 4.75. The van der Waals surface area contributed by atoms with Crippen LogP contribution in [-0.4, -0.2) is 26.6 Å². The zero-order valence-corrected chi connectivity index (χ0v) is 21.8. The van der Waals surface area contributed by atoms with E-state index in [1.807, 2.05) is 0 Å². The first-order valence-electron chi connectivity index (χ1n) is 12.5. The molecule has 1 atom stereocenters. The maximum Gasteiger partial charge on any atom is 0.393 e. The fourth-order valence-corrected chi connectivity index (χ4v) is 4.75. The van der Waals surface area contributed by atoms with Gasteiger partial charge in [-0.05, 0) is 54.4 Å². The number of aromatic amines is 1. The van der Waals surface area contributed by atoms with Gasteiger partial charge in [-0.15, -0.1) is 0 Å². The van der Waals surface area contributed by atoms with Crippen LogP contribution in [0.4, 0.5) is 27.8 Å². The number of benzene rings is 2. The van der Waals surface area contributed by atoms with Gasteiger partial charge in [-0.1, -0.05) is 24.3 Å². The van der Waals surface area contributed by atoms with Gasteiger partial charge in [-0.25, -0.2) is 13.8 Å². The minimum Gasteiger partial charge on any atom is -0.354 e. The van der Waals surface area contributed by atoms with E-state index in [1.165, 1.54) is 67.8 Å². The highest BCUT2D eigenvalue weighted by Gasteiger charge is 2.31. The molecule has 0 saturated heterocycles. The molecule has 0 fully saturated rings. The Morgan fingerprint density at radius 1 is 1.00 bits per heavy atom. The van der Waals surface area contributed by atoms with Crippen LogP contribution in [0.25, 0.3) is 33.3 Å². The van der Waals surface area contributed by atoms with Gasteiger partial charge in [0.05, 0.1) is 28.9 Å². The Bertz CT molecular complexity index is 1810. The summed E-state index contributed by atoms with van der Waals surface area (Å²) >= 11 is 0. The van der Waals surface area contributed by atoms with Crippen LogP contribution in [-0.2, 0) is 18.3 Å². The van der Waals surface area contributed by atoms with Crippen molar-refractivity contribution in [1.29, 1.82) is 0 Å². The zero-order valence-electron chi connectivity index (χ0n) is 21.8. The summed E-state index contributed by atoms with van der Waals surface area (Å²) in [5.74, 6) is -1.87. The van der Waals surface area contributed by atoms with Gasteiger partial charge in [-0.2, -0.15) is 13.2 Å². The molecule has 0 spiro atoms. The van der Waals surface area contributed by atoms with Gasteiger partial charge in [0.15, 0.2) is 0 Å². The Balaban J connectivity index is 1.63. The predicted molar refractivity (Wildman–Crippen MR) is 145 cm³/mol. The lowest BCUT2D eigenvalue weighted by atomic mass is 9.98. The number of carbonyl (C=O) groups is 1. The number of aryl methyl sites for hydroxylation is 1. The third kappa shape index (κ3) is 5.74. The third-order valence-corrected chi connectivity index (χ3v) is 6.79. The second kappa shape index (κ2) is 10.6. The number of fused-ring (bicyclic) bond motifs is 1. The Kier molecular flexibility index (Phi) is 7.20. The molecule has 0 unspecified atom stereocenters. The van der Waals surface area contributed by atoms with Gasteiger partial charge in [0.25, 0.3) is 5.56 Å².